The van der Waals surface area contributed by atoms with E-state index < -0.39 is 8.24 Å². The van der Waals surface area contributed by atoms with Crippen LogP contribution in [0.3, 0.4) is 0 Å². The summed E-state index contributed by atoms with van der Waals surface area (Å²) in [4.78, 5) is 12.1. The molecule has 1 atom stereocenters. The Bertz CT molecular complexity index is 461. The lowest BCUT2D eigenvalue weighted by Gasteiger charge is -2.55. The molecule has 2 rings (SSSR count). The first kappa shape index (κ1) is 14.3. The van der Waals surface area contributed by atoms with Gasteiger partial charge in [-0.15, -0.1) is 0 Å². The van der Waals surface area contributed by atoms with E-state index in [0.717, 1.165) is 12.8 Å². The van der Waals surface area contributed by atoms with Crippen molar-refractivity contribution >= 4 is 14.1 Å². The summed E-state index contributed by atoms with van der Waals surface area (Å²) in [5.74, 6) is 0.354. The maximum atomic E-state index is 12.1. The Hall–Kier alpha value is -1.09. The summed E-state index contributed by atoms with van der Waals surface area (Å²) in [6.45, 7) is 11.4. The second kappa shape index (κ2) is 4.78. The predicted octanol–water partition coefficient (Wildman–Crippen LogP) is 3.84. The van der Waals surface area contributed by atoms with E-state index in [2.05, 4.69) is 62.7 Å². The number of β-lactam (4-membered cyclic amide) rings is 1. The van der Waals surface area contributed by atoms with Gasteiger partial charge in [-0.3, -0.25) is 4.79 Å². The highest BCUT2D eigenvalue weighted by Gasteiger charge is 2.51. The predicted molar refractivity (Wildman–Crippen MR) is 82.6 cm³/mol. The third kappa shape index (κ3) is 2.61. The molecule has 0 radical (unpaired) electrons. The minimum atomic E-state index is -1.72. The second-order valence-electron chi connectivity index (χ2n) is 7.12. The van der Waals surface area contributed by atoms with Gasteiger partial charge < -0.3 is 4.57 Å². The number of benzene rings is 1. The van der Waals surface area contributed by atoms with Gasteiger partial charge in [-0.25, -0.2) is 0 Å². The summed E-state index contributed by atoms with van der Waals surface area (Å²) in [6, 6.07) is 10.9. The summed E-state index contributed by atoms with van der Waals surface area (Å²) in [5, 5.41) is 0.220. The first-order valence-corrected chi connectivity index (χ1v) is 10.0. The highest BCUT2D eigenvalue weighted by Crippen LogP contribution is 2.43. The average molecular weight is 275 g/mol. The van der Waals surface area contributed by atoms with Gasteiger partial charge >= 0.3 is 0 Å². The molecule has 1 unspecified atom stereocenters. The zero-order valence-corrected chi connectivity index (χ0v) is 13.7. The van der Waals surface area contributed by atoms with Crippen molar-refractivity contribution in [2.24, 2.45) is 0 Å². The molecule has 1 aromatic carbocycles. The van der Waals surface area contributed by atoms with Crippen molar-refractivity contribution in [3.05, 3.63) is 35.9 Å². The molecule has 1 aliphatic rings. The molecule has 1 aliphatic heterocycles. The van der Waals surface area contributed by atoms with Crippen LogP contribution < -0.4 is 0 Å². The normalized spacial score (nSPS) is 20.4. The van der Waals surface area contributed by atoms with Gasteiger partial charge in [-0.05, 0) is 17.0 Å². The number of carbonyl (C=O) groups excluding carboxylic acids is 1. The van der Waals surface area contributed by atoms with Crippen molar-refractivity contribution in [1.82, 2.24) is 4.57 Å². The van der Waals surface area contributed by atoms with Gasteiger partial charge in [0.15, 0.2) is 8.24 Å². The molecule has 1 amide bonds. The van der Waals surface area contributed by atoms with E-state index in [1.54, 1.807) is 0 Å². The monoisotopic (exact) mass is 275 g/mol. The second-order valence-corrected chi connectivity index (χ2v) is 12.2. The van der Waals surface area contributed by atoms with Gasteiger partial charge in [0.1, 0.15) is 0 Å². The van der Waals surface area contributed by atoms with E-state index in [4.69, 9.17) is 0 Å². The van der Waals surface area contributed by atoms with Crippen molar-refractivity contribution in [2.75, 3.05) is 0 Å². The Labute approximate surface area is 117 Å². The highest BCUT2D eigenvalue weighted by atomic mass is 28.3. The van der Waals surface area contributed by atoms with Gasteiger partial charge in [-0.2, -0.15) is 0 Å². The SMILES string of the molecule is CC(C)(C)[Si](C)(C)N1C(=O)CC1Cc1ccccc1. The van der Waals surface area contributed by atoms with Crippen LogP contribution in [0.4, 0.5) is 0 Å². The molecule has 1 aromatic rings. The summed E-state index contributed by atoms with van der Waals surface area (Å²) in [5.41, 5.74) is 1.34. The Kier molecular flexibility index (Phi) is 3.60. The fourth-order valence-electron chi connectivity index (χ4n) is 2.66. The number of hydrogen-bond acceptors (Lipinski definition) is 1. The van der Waals surface area contributed by atoms with E-state index in [1.807, 2.05) is 6.07 Å². The summed E-state index contributed by atoms with van der Waals surface area (Å²) < 4.78 is 2.24. The van der Waals surface area contributed by atoms with Crippen LogP contribution in [0.15, 0.2) is 30.3 Å². The minimum absolute atomic E-state index is 0.220. The zero-order valence-electron chi connectivity index (χ0n) is 12.7. The van der Waals surface area contributed by atoms with Gasteiger partial charge in [-0.1, -0.05) is 64.2 Å². The molecule has 1 saturated heterocycles. The van der Waals surface area contributed by atoms with Crippen LogP contribution in [0.1, 0.15) is 32.8 Å². The topological polar surface area (TPSA) is 20.3 Å². The van der Waals surface area contributed by atoms with Crippen molar-refractivity contribution in [3.63, 3.8) is 0 Å². The van der Waals surface area contributed by atoms with E-state index >= 15 is 0 Å². The number of carbonyl (C=O) groups is 1. The molecule has 1 fully saturated rings. The Balaban J connectivity index is 2.15. The summed E-state index contributed by atoms with van der Waals surface area (Å²) in [7, 11) is -1.72. The zero-order chi connectivity index (χ0) is 14.3. The lowest BCUT2D eigenvalue weighted by molar-refractivity contribution is -0.138. The van der Waals surface area contributed by atoms with Crippen molar-refractivity contribution in [1.29, 1.82) is 0 Å². The molecule has 0 N–H and O–H groups in total. The van der Waals surface area contributed by atoms with Gasteiger partial charge in [0.05, 0.1) is 0 Å². The molecule has 104 valence electrons. The molecule has 2 nitrogen and oxygen atoms in total. The molecule has 0 bridgehead atoms. The molecular formula is C16H25NOSi. The number of hydrogen-bond donors (Lipinski definition) is 0. The summed E-state index contributed by atoms with van der Waals surface area (Å²) in [6.07, 6.45) is 1.72. The smallest absolute Gasteiger partial charge is 0.216 e. The molecule has 3 heteroatoms. The third-order valence-corrected chi connectivity index (χ3v) is 10.3. The largest absolute Gasteiger partial charge is 0.366 e. The minimum Gasteiger partial charge on any atom is -0.366 e. The van der Waals surface area contributed by atoms with Crippen molar-refractivity contribution < 1.29 is 4.79 Å². The molecule has 0 aromatic heterocycles. The fraction of sp³-hybridized carbons (Fsp3) is 0.562. The lowest BCUT2D eigenvalue weighted by Crippen LogP contribution is -2.68. The van der Waals surface area contributed by atoms with E-state index in [1.165, 1.54) is 5.56 Å². The van der Waals surface area contributed by atoms with Crippen LogP contribution in [-0.2, 0) is 11.2 Å². The Morgan fingerprint density at radius 1 is 1.21 bits per heavy atom. The van der Waals surface area contributed by atoms with Crippen LogP contribution in [0.5, 0.6) is 0 Å². The molecular weight excluding hydrogens is 250 g/mol. The number of nitrogens with zero attached hydrogens (tertiary/aromatic N) is 1. The standard InChI is InChI=1S/C16H25NOSi/c1-16(2,3)19(4,5)17-14(12-15(17)18)11-13-9-7-6-8-10-13/h6-10,14H,11-12H2,1-5H3. The van der Waals surface area contributed by atoms with Crippen molar-refractivity contribution in [2.45, 2.75) is 57.8 Å². The molecule has 0 saturated carbocycles. The van der Waals surface area contributed by atoms with E-state index in [9.17, 15) is 4.79 Å². The maximum Gasteiger partial charge on any atom is 0.216 e. The van der Waals surface area contributed by atoms with E-state index in [-0.39, 0.29) is 5.04 Å². The number of amides is 1. The van der Waals surface area contributed by atoms with E-state index in [0.29, 0.717) is 11.9 Å². The average Bonchev–Trinajstić information content (AvgIpc) is 2.27. The fourth-order valence-corrected chi connectivity index (χ4v) is 5.19. The van der Waals surface area contributed by atoms with Crippen molar-refractivity contribution in [3.8, 4) is 0 Å². The van der Waals surface area contributed by atoms with Crippen LogP contribution >= 0.6 is 0 Å². The first-order valence-electron chi connectivity index (χ1n) is 7.09. The maximum absolute atomic E-state index is 12.1. The summed E-state index contributed by atoms with van der Waals surface area (Å²) >= 11 is 0. The van der Waals surface area contributed by atoms with Crippen LogP contribution in [0.2, 0.25) is 18.1 Å². The third-order valence-electron chi connectivity index (χ3n) is 4.80. The quantitative estimate of drug-likeness (QED) is 0.606. The molecule has 1 heterocycles. The van der Waals surface area contributed by atoms with Gasteiger partial charge in [0.2, 0.25) is 5.91 Å². The van der Waals surface area contributed by atoms with Gasteiger partial charge in [0.25, 0.3) is 0 Å². The Morgan fingerprint density at radius 2 is 1.79 bits per heavy atom. The lowest BCUT2D eigenvalue weighted by atomic mass is 9.97. The van der Waals surface area contributed by atoms with Gasteiger partial charge in [0, 0.05) is 12.5 Å². The van der Waals surface area contributed by atoms with Crippen LogP contribution in [-0.4, -0.2) is 24.7 Å². The molecule has 0 aliphatic carbocycles. The molecule has 19 heavy (non-hydrogen) atoms. The first-order chi connectivity index (χ1) is 8.73. The Morgan fingerprint density at radius 3 is 2.26 bits per heavy atom. The number of rotatable bonds is 3. The van der Waals surface area contributed by atoms with Crippen LogP contribution in [0, 0.1) is 0 Å². The highest BCUT2D eigenvalue weighted by molar-refractivity contribution is 6.79. The van der Waals surface area contributed by atoms with Crippen LogP contribution in [0.25, 0.3) is 0 Å². The molecule has 0 spiro atoms.